The molecule has 0 fully saturated rings. The highest BCUT2D eigenvalue weighted by molar-refractivity contribution is 5.82. The number of carbonyl (C=O) groups excluding carboxylic acids is 2. The first kappa shape index (κ1) is 21.3. The van der Waals surface area contributed by atoms with Gasteiger partial charge in [-0.25, -0.2) is 9.50 Å². The third-order valence-corrected chi connectivity index (χ3v) is 5.08. The maximum Gasteiger partial charge on any atom is 0.276 e. The number of aryl methyl sites for hydroxylation is 5. The number of hydrogen-bond donors (Lipinski definition) is 2. The minimum Gasteiger partial charge on any atom is -0.484 e. The van der Waals surface area contributed by atoms with E-state index in [1.54, 1.807) is 4.52 Å². The fourth-order valence-corrected chi connectivity index (χ4v) is 3.23. The number of ether oxygens (including phenoxy) is 1. The second-order valence-electron chi connectivity index (χ2n) is 7.45. The lowest BCUT2D eigenvalue weighted by Gasteiger charge is -2.12. The van der Waals surface area contributed by atoms with Gasteiger partial charge in [0.2, 0.25) is 5.91 Å². The zero-order valence-electron chi connectivity index (χ0n) is 18.0. The van der Waals surface area contributed by atoms with Crippen molar-refractivity contribution < 1.29 is 14.3 Å². The minimum atomic E-state index is -0.427. The standard InChI is InChI=1S/C22H27N5O3/c1-13-6-7-18(10-14(13)2)30-12-22(29)25-24-21(28)9-8-19-16(4)23-20-11-15(3)26-27(20)17(19)5/h6-7,10-11H,8-9,12H2,1-5H3,(H,24,28)(H,25,29). The lowest BCUT2D eigenvalue weighted by molar-refractivity contribution is -0.130. The summed E-state index contributed by atoms with van der Waals surface area (Å²) in [6.45, 7) is 9.62. The van der Waals surface area contributed by atoms with Crippen LogP contribution in [0.3, 0.4) is 0 Å². The molecule has 8 nitrogen and oxygen atoms in total. The van der Waals surface area contributed by atoms with Crippen LogP contribution in [0, 0.1) is 34.6 Å². The van der Waals surface area contributed by atoms with Crippen LogP contribution in [-0.4, -0.2) is 33.0 Å². The van der Waals surface area contributed by atoms with Crippen molar-refractivity contribution in [3.05, 3.63) is 58.0 Å². The fourth-order valence-electron chi connectivity index (χ4n) is 3.23. The molecular formula is C22H27N5O3. The van der Waals surface area contributed by atoms with E-state index >= 15 is 0 Å². The van der Waals surface area contributed by atoms with Crippen molar-refractivity contribution in [2.45, 2.75) is 47.5 Å². The monoisotopic (exact) mass is 409 g/mol. The van der Waals surface area contributed by atoms with E-state index in [0.29, 0.717) is 12.2 Å². The number of benzene rings is 1. The Morgan fingerprint density at radius 2 is 1.73 bits per heavy atom. The van der Waals surface area contributed by atoms with Crippen LogP contribution in [0.2, 0.25) is 0 Å². The van der Waals surface area contributed by atoms with E-state index in [2.05, 4.69) is 20.9 Å². The Balaban J connectivity index is 1.48. The average molecular weight is 409 g/mol. The van der Waals surface area contributed by atoms with Crippen LogP contribution in [0.15, 0.2) is 24.3 Å². The first-order valence-corrected chi connectivity index (χ1v) is 9.85. The Morgan fingerprint density at radius 3 is 2.47 bits per heavy atom. The molecule has 0 saturated heterocycles. The molecule has 8 heteroatoms. The lowest BCUT2D eigenvalue weighted by atomic mass is 10.1. The summed E-state index contributed by atoms with van der Waals surface area (Å²) < 4.78 is 7.25. The molecule has 3 aromatic rings. The molecule has 0 unspecified atom stereocenters. The van der Waals surface area contributed by atoms with E-state index in [-0.39, 0.29) is 18.9 Å². The van der Waals surface area contributed by atoms with Gasteiger partial charge in [0.05, 0.1) is 5.69 Å². The fraction of sp³-hybridized carbons (Fsp3) is 0.364. The molecule has 158 valence electrons. The van der Waals surface area contributed by atoms with Crippen molar-refractivity contribution in [3.8, 4) is 5.75 Å². The molecular weight excluding hydrogens is 382 g/mol. The number of fused-ring (bicyclic) bond motifs is 1. The number of aromatic nitrogens is 3. The van der Waals surface area contributed by atoms with Gasteiger partial charge in [-0.1, -0.05) is 6.07 Å². The Labute approximate surface area is 175 Å². The van der Waals surface area contributed by atoms with Crippen molar-refractivity contribution >= 4 is 17.5 Å². The summed E-state index contributed by atoms with van der Waals surface area (Å²) in [5.41, 5.74) is 11.6. The van der Waals surface area contributed by atoms with Gasteiger partial charge in [0.1, 0.15) is 5.75 Å². The van der Waals surface area contributed by atoms with Crippen LogP contribution in [0.4, 0.5) is 0 Å². The first-order valence-electron chi connectivity index (χ1n) is 9.85. The van der Waals surface area contributed by atoms with Gasteiger partial charge in [0, 0.05) is 23.9 Å². The zero-order chi connectivity index (χ0) is 21.8. The number of nitrogens with one attached hydrogen (secondary N) is 2. The quantitative estimate of drug-likeness (QED) is 0.610. The molecule has 0 radical (unpaired) electrons. The lowest BCUT2D eigenvalue weighted by Crippen LogP contribution is -2.43. The normalized spacial score (nSPS) is 10.8. The van der Waals surface area contributed by atoms with E-state index in [9.17, 15) is 9.59 Å². The number of amides is 2. The molecule has 2 aromatic heterocycles. The molecule has 0 aliphatic carbocycles. The van der Waals surface area contributed by atoms with E-state index < -0.39 is 5.91 Å². The highest BCUT2D eigenvalue weighted by Gasteiger charge is 2.13. The average Bonchev–Trinajstić information content (AvgIpc) is 3.07. The van der Waals surface area contributed by atoms with E-state index in [4.69, 9.17) is 4.74 Å². The smallest absolute Gasteiger partial charge is 0.276 e. The number of nitrogens with zero attached hydrogens (tertiary/aromatic N) is 3. The third-order valence-electron chi connectivity index (χ3n) is 5.08. The molecule has 0 spiro atoms. The van der Waals surface area contributed by atoms with Gasteiger partial charge in [-0.05, 0) is 69.9 Å². The van der Waals surface area contributed by atoms with E-state index in [1.807, 2.05) is 58.9 Å². The summed E-state index contributed by atoms with van der Waals surface area (Å²) in [5.74, 6) is -0.101. The number of hydrazine groups is 1. The molecule has 1 aromatic carbocycles. The molecule has 0 saturated carbocycles. The number of rotatable bonds is 6. The summed E-state index contributed by atoms with van der Waals surface area (Å²) in [6.07, 6.45) is 0.716. The van der Waals surface area contributed by atoms with Crippen molar-refractivity contribution in [3.63, 3.8) is 0 Å². The van der Waals surface area contributed by atoms with Gasteiger partial charge in [0.15, 0.2) is 12.3 Å². The molecule has 2 N–H and O–H groups in total. The minimum absolute atomic E-state index is 0.180. The third kappa shape index (κ3) is 4.94. The van der Waals surface area contributed by atoms with Gasteiger partial charge >= 0.3 is 0 Å². The topological polar surface area (TPSA) is 97.6 Å². The van der Waals surface area contributed by atoms with Crippen LogP contribution in [0.1, 0.15) is 40.2 Å². The molecule has 3 rings (SSSR count). The number of hydrogen-bond acceptors (Lipinski definition) is 5. The summed E-state index contributed by atoms with van der Waals surface area (Å²) in [4.78, 5) is 28.6. The van der Waals surface area contributed by atoms with E-state index in [0.717, 1.165) is 39.4 Å². The second-order valence-corrected chi connectivity index (χ2v) is 7.45. The van der Waals surface area contributed by atoms with Crippen LogP contribution in [-0.2, 0) is 16.0 Å². The first-order chi connectivity index (χ1) is 14.2. The van der Waals surface area contributed by atoms with Crippen molar-refractivity contribution in [2.24, 2.45) is 0 Å². The van der Waals surface area contributed by atoms with Crippen molar-refractivity contribution in [1.82, 2.24) is 25.4 Å². The molecule has 0 aliphatic rings. The maximum absolute atomic E-state index is 12.2. The Morgan fingerprint density at radius 1 is 1.00 bits per heavy atom. The molecule has 0 aliphatic heterocycles. The van der Waals surface area contributed by atoms with Gasteiger partial charge in [-0.3, -0.25) is 20.4 Å². The molecule has 0 bridgehead atoms. The second kappa shape index (κ2) is 8.94. The van der Waals surface area contributed by atoms with Crippen LogP contribution < -0.4 is 15.6 Å². The summed E-state index contributed by atoms with van der Waals surface area (Å²) in [6, 6.07) is 7.54. The van der Waals surface area contributed by atoms with Gasteiger partial charge in [-0.2, -0.15) is 5.10 Å². The molecule has 2 amide bonds. The predicted octanol–water partition coefficient (Wildman–Crippen LogP) is 2.43. The van der Waals surface area contributed by atoms with Crippen molar-refractivity contribution in [2.75, 3.05) is 6.61 Å². The zero-order valence-corrected chi connectivity index (χ0v) is 18.0. The van der Waals surface area contributed by atoms with E-state index in [1.165, 1.54) is 0 Å². The molecule has 30 heavy (non-hydrogen) atoms. The SMILES string of the molecule is Cc1cc2nc(C)c(CCC(=O)NNC(=O)COc3ccc(C)c(C)c3)c(C)n2n1. The van der Waals surface area contributed by atoms with Gasteiger partial charge in [-0.15, -0.1) is 0 Å². The molecule has 0 atom stereocenters. The van der Waals surface area contributed by atoms with Crippen LogP contribution in [0.5, 0.6) is 5.75 Å². The summed E-state index contributed by atoms with van der Waals surface area (Å²) in [5, 5.41) is 4.44. The Kier molecular flexibility index (Phi) is 6.34. The summed E-state index contributed by atoms with van der Waals surface area (Å²) >= 11 is 0. The number of carbonyl (C=O) groups is 2. The Bertz CT molecular complexity index is 1100. The maximum atomic E-state index is 12.2. The highest BCUT2D eigenvalue weighted by Crippen LogP contribution is 2.17. The molecule has 2 heterocycles. The Hall–Kier alpha value is -3.42. The van der Waals surface area contributed by atoms with Gasteiger partial charge < -0.3 is 4.74 Å². The van der Waals surface area contributed by atoms with Crippen LogP contribution in [0.25, 0.3) is 5.65 Å². The predicted molar refractivity (Wildman–Crippen MR) is 113 cm³/mol. The van der Waals surface area contributed by atoms with Crippen LogP contribution >= 0.6 is 0 Å². The van der Waals surface area contributed by atoms with Gasteiger partial charge in [0.25, 0.3) is 5.91 Å². The summed E-state index contributed by atoms with van der Waals surface area (Å²) in [7, 11) is 0. The highest BCUT2D eigenvalue weighted by atomic mass is 16.5. The largest absolute Gasteiger partial charge is 0.484 e. The van der Waals surface area contributed by atoms with Crippen molar-refractivity contribution in [1.29, 1.82) is 0 Å².